The van der Waals surface area contributed by atoms with Gasteiger partial charge in [-0.3, -0.25) is 9.59 Å². The largest absolute Gasteiger partial charge is 0.486 e. The molecule has 0 bridgehead atoms. The second-order valence-corrected chi connectivity index (χ2v) is 10.9. The van der Waals surface area contributed by atoms with Crippen molar-refractivity contribution in [2.75, 3.05) is 33.4 Å². The average molecular weight is 497 g/mol. The monoisotopic (exact) mass is 496 g/mol. The number of ether oxygens (including phenoxy) is 3. The Kier molecular flexibility index (Phi) is 9.58. The maximum absolute atomic E-state index is 12.5. The zero-order valence-corrected chi connectivity index (χ0v) is 20.9. The molecule has 0 spiro atoms. The fraction of sp³-hybridized carbons (Fsp3) is 0.667. The first-order valence-corrected chi connectivity index (χ1v) is 13.5. The summed E-state index contributed by atoms with van der Waals surface area (Å²) in [6.07, 6.45) is 6.24. The van der Waals surface area contributed by atoms with Crippen molar-refractivity contribution in [2.45, 2.75) is 69.2 Å². The molecule has 1 aromatic rings. The maximum Gasteiger partial charge on any atom is 0.306 e. The molecule has 0 saturated heterocycles. The fourth-order valence-electron chi connectivity index (χ4n) is 4.20. The lowest BCUT2D eigenvalue weighted by molar-refractivity contribution is -0.152. The molecule has 1 saturated carbocycles. The Morgan fingerprint density at radius 2 is 1.76 bits per heavy atom. The Morgan fingerprint density at radius 3 is 2.50 bits per heavy atom. The number of amides is 1. The number of sulfonamides is 1. The number of benzene rings is 1. The summed E-state index contributed by atoms with van der Waals surface area (Å²) in [5.41, 5.74) is 0. The van der Waals surface area contributed by atoms with Crippen LogP contribution >= 0.6 is 0 Å². The van der Waals surface area contributed by atoms with E-state index in [1.54, 1.807) is 18.0 Å². The molecule has 9 nitrogen and oxygen atoms in total. The molecule has 1 heterocycles. The van der Waals surface area contributed by atoms with Gasteiger partial charge in [-0.05, 0) is 56.6 Å². The first-order valence-electron chi connectivity index (χ1n) is 12.1. The van der Waals surface area contributed by atoms with Crippen molar-refractivity contribution in [1.82, 2.24) is 9.62 Å². The lowest BCUT2D eigenvalue weighted by atomic mass is 9.87. The molecule has 10 heteroatoms. The number of carbonyl (C=O) groups is 2. The number of likely N-dealkylation sites (N-methyl/N-ethyl adjacent to an activating group) is 1. The van der Waals surface area contributed by atoms with E-state index in [1.165, 1.54) is 12.1 Å². The van der Waals surface area contributed by atoms with Gasteiger partial charge < -0.3 is 19.1 Å². The summed E-state index contributed by atoms with van der Waals surface area (Å²) in [7, 11) is -1.87. The zero-order valence-electron chi connectivity index (χ0n) is 20.1. The molecule has 1 aliphatic heterocycles. The lowest BCUT2D eigenvalue weighted by Crippen LogP contribution is -2.41. The highest BCUT2D eigenvalue weighted by Gasteiger charge is 2.25. The van der Waals surface area contributed by atoms with Gasteiger partial charge in [0.2, 0.25) is 10.0 Å². The molecule has 0 atom stereocenters. The normalized spacial score (nSPS) is 19.9. The Hall–Kier alpha value is -2.33. The van der Waals surface area contributed by atoms with E-state index in [9.17, 15) is 18.0 Å². The van der Waals surface area contributed by atoms with Crippen molar-refractivity contribution in [2.24, 2.45) is 5.92 Å². The van der Waals surface area contributed by atoms with Crippen LogP contribution in [0.5, 0.6) is 11.5 Å². The predicted molar refractivity (Wildman–Crippen MR) is 126 cm³/mol. The van der Waals surface area contributed by atoms with Crippen LogP contribution in [0.4, 0.5) is 0 Å². The summed E-state index contributed by atoms with van der Waals surface area (Å²) in [6, 6.07) is 4.76. The fourth-order valence-corrected chi connectivity index (χ4v) is 5.29. The van der Waals surface area contributed by atoms with Crippen LogP contribution in [0, 0.1) is 5.92 Å². The maximum atomic E-state index is 12.5. The van der Waals surface area contributed by atoms with Gasteiger partial charge in [-0.25, -0.2) is 13.1 Å². The number of esters is 1. The van der Waals surface area contributed by atoms with E-state index in [2.05, 4.69) is 11.6 Å². The van der Waals surface area contributed by atoms with Gasteiger partial charge in [0.05, 0.1) is 4.90 Å². The Balaban J connectivity index is 1.28. The van der Waals surface area contributed by atoms with Crippen LogP contribution in [-0.2, 0) is 24.3 Å². The van der Waals surface area contributed by atoms with Gasteiger partial charge in [0, 0.05) is 32.1 Å². The molecule has 1 aromatic carbocycles. The van der Waals surface area contributed by atoms with Crippen LogP contribution in [0.15, 0.2) is 23.1 Å². The van der Waals surface area contributed by atoms with Crippen LogP contribution in [0.2, 0.25) is 0 Å². The highest BCUT2D eigenvalue weighted by atomic mass is 32.2. The van der Waals surface area contributed by atoms with Gasteiger partial charge in [0.1, 0.15) is 13.2 Å². The molecule has 0 unspecified atom stereocenters. The van der Waals surface area contributed by atoms with Crippen molar-refractivity contribution in [1.29, 1.82) is 0 Å². The zero-order chi connectivity index (χ0) is 24.6. The molecule has 1 aliphatic carbocycles. The summed E-state index contributed by atoms with van der Waals surface area (Å²) in [5, 5.41) is 0. The quantitative estimate of drug-likeness (QED) is 0.370. The summed E-state index contributed by atoms with van der Waals surface area (Å²) in [4.78, 5) is 26.1. The number of carbonyl (C=O) groups excluding carboxylic acids is 2. The topological polar surface area (TPSA) is 111 Å². The second kappa shape index (κ2) is 12.4. The third-order valence-electron chi connectivity index (χ3n) is 6.46. The molecule has 0 aromatic heterocycles. The van der Waals surface area contributed by atoms with Gasteiger partial charge >= 0.3 is 5.97 Å². The van der Waals surface area contributed by atoms with Crippen LogP contribution in [-0.4, -0.2) is 64.6 Å². The first-order chi connectivity index (χ1) is 16.3. The van der Waals surface area contributed by atoms with Gasteiger partial charge in [0.15, 0.2) is 18.1 Å². The Labute approximate surface area is 202 Å². The van der Waals surface area contributed by atoms with Gasteiger partial charge in [-0.15, -0.1) is 0 Å². The second-order valence-electron chi connectivity index (χ2n) is 9.09. The van der Waals surface area contributed by atoms with Crippen molar-refractivity contribution in [3.8, 4) is 11.5 Å². The molecular weight excluding hydrogens is 460 g/mol. The highest BCUT2D eigenvalue weighted by molar-refractivity contribution is 7.89. The van der Waals surface area contributed by atoms with E-state index in [0.717, 1.165) is 25.7 Å². The van der Waals surface area contributed by atoms with Gasteiger partial charge in [-0.2, -0.15) is 0 Å². The molecule has 190 valence electrons. The van der Waals surface area contributed by atoms with E-state index in [-0.39, 0.29) is 36.4 Å². The van der Waals surface area contributed by atoms with E-state index < -0.39 is 16.0 Å². The molecule has 1 amide bonds. The van der Waals surface area contributed by atoms with E-state index in [1.807, 2.05) is 0 Å². The van der Waals surface area contributed by atoms with Crippen molar-refractivity contribution in [3.05, 3.63) is 18.2 Å². The molecule has 1 fully saturated rings. The Bertz CT molecular complexity index is 943. The summed E-state index contributed by atoms with van der Waals surface area (Å²) in [6.45, 7) is 3.09. The highest BCUT2D eigenvalue weighted by Crippen LogP contribution is 2.32. The third-order valence-corrected chi connectivity index (χ3v) is 7.92. The number of fused-ring (bicyclic) bond motifs is 1. The van der Waals surface area contributed by atoms with Crippen molar-refractivity contribution in [3.63, 3.8) is 0 Å². The molecule has 2 aliphatic rings. The SMILES string of the molecule is CC1CCC(N(C)C(=O)COC(=O)CCCCCNS(=O)(=O)c2ccc3c(c2)OCCO3)CC1. The summed E-state index contributed by atoms with van der Waals surface area (Å²) >= 11 is 0. The molecule has 0 radical (unpaired) electrons. The molecule has 3 rings (SSSR count). The van der Waals surface area contributed by atoms with E-state index in [0.29, 0.717) is 49.9 Å². The van der Waals surface area contributed by atoms with Gasteiger partial charge in [-0.1, -0.05) is 13.3 Å². The lowest BCUT2D eigenvalue weighted by Gasteiger charge is -2.33. The number of hydrogen-bond donors (Lipinski definition) is 1. The smallest absolute Gasteiger partial charge is 0.306 e. The number of rotatable bonds is 11. The van der Waals surface area contributed by atoms with Crippen molar-refractivity contribution < 1.29 is 32.2 Å². The summed E-state index contributed by atoms with van der Waals surface area (Å²) < 4.78 is 43.5. The van der Waals surface area contributed by atoms with Gasteiger partial charge in [0.25, 0.3) is 5.91 Å². The number of hydrogen-bond acceptors (Lipinski definition) is 7. The van der Waals surface area contributed by atoms with E-state index in [4.69, 9.17) is 14.2 Å². The van der Waals surface area contributed by atoms with Crippen LogP contribution in [0.1, 0.15) is 58.3 Å². The minimum Gasteiger partial charge on any atom is -0.486 e. The number of nitrogens with one attached hydrogen (secondary N) is 1. The molecule has 1 N–H and O–H groups in total. The standard InChI is InChI=1S/C24H36N2O7S/c1-18-7-9-19(10-8-18)26(2)23(27)17-33-24(28)6-4-3-5-13-25-34(29,30)20-11-12-21-22(16-20)32-15-14-31-21/h11-12,16,18-19,25H,3-10,13-15,17H2,1-2H3. The number of unbranched alkanes of at least 4 members (excludes halogenated alkanes) is 2. The predicted octanol–water partition coefficient (Wildman–Crippen LogP) is 2.88. The average Bonchev–Trinajstić information content (AvgIpc) is 2.84. The van der Waals surface area contributed by atoms with Crippen molar-refractivity contribution >= 4 is 21.9 Å². The molecule has 34 heavy (non-hydrogen) atoms. The van der Waals surface area contributed by atoms with Crippen LogP contribution in [0.25, 0.3) is 0 Å². The Morgan fingerprint density at radius 1 is 1.06 bits per heavy atom. The number of nitrogens with zero attached hydrogens (tertiary/aromatic N) is 1. The van der Waals surface area contributed by atoms with Crippen LogP contribution < -0.4 is 14.2 Å². The minimum absolute atomic E-state index is 0.123. The summed E-state index contributed by atoms with van der Waals surface area (Å²) in [5.74, 6) is 1.10. The molecular formula is C24H36N2O7S. The minimum atomic E-state index is -3.66. The third kappa shape index (κ3) is 7.59. The first kappa shape index (κ1) is 26.3. The van der Waals surface area contributed by atoms with E-state index >= 15 is 0 Å². The van der Waals surface area contributed by atoms with Crippen LogP contribution in [0.3, 0.4) is 0 Å².